The van der Waals surface area contributed by atoms with E-state index in [0.717, 1.165) is 17.5 Å². The van der Waals surface area contributed by atoms with Gasteiger partial charge in [-0.2, -0.15) is 0 Å². The first-order valence-corrected chi connectivity index (χ1v) is 10.7. The third-order valence-electron chi connectivity index (χ3n) is 5.66. The van der Waals surface area contributed by atoms with Crippen molar-refractivity contribution < 1.29 is 10.2 Å². The zero-order chi connectivity index (χ0) is 17.2. The molecule has 2 nitrogen and oxygen atoms in total. The lowest BCUT2D eigenvalue weighted by atomic mass is 9.96. The minimum Gasteiger partial charge on any atom is -0.333 e. The molecule has 2 heterocycles. The molecule has 0 radical (unpaired) electrons. The Bertz CT molecular complexity index is 748. The molecule has 2 aliphatic rings. The summed E-state index contributed by atoms with van der Waals surface area (Å²) in [5, 5.41) is 3.51. The van der Waals surface area contributed by atoms with E-state index in [0.29, 0.717) is 6.04 Å². The first-order chi connectivity index (χ1) is 12.2. The molecule has 2 aromatic rings. The number of halogens is 1. The van der Waals surface area contributed by atoms with E-state index < -0.39 is 0 Å². The largest absolute Gasteiger partial charge is 0.333 e. The van der Waals surface area contributed by atoms with Gasteiger partial charge >= 0.3 is 0 Å². The molecule has 0 saturated carbocycles. The van der Waals surface area contributed by atoms with Crippen molar-refractivity contribution in [2.75, 3.05) is 19.6 Å². The summed E-state index contributed by atoms with van der Waals surface area (Å²) < 4.78 is 0. The monoisotopic (exact) mass is 374 g/mol. The number of hydrogen-bond acceptors (Lipinski definition) is 1. The molecule has 0 bridgehead atoms. The molecule has 0 aliphatic carbocycles. The first kappa shape index (κ1) is 17.4. The number of benzene rings is 2. The Hall–Kier alpha value is -1.00. The number of likely N-dealkylation sites (N-methyl/N-ethyl adjacent to an activating group) is 1. The number of likely N-dealkylation sites (tertiary alicyclic amines) is 1. The molecular weight excluding hydrogens is 348 g/mol. The van der Waals surface area contributed by atoms with Crippen molar-refractivity contribution in [2.45, 2.75) is 48.1 Å². The average molecular weight is 375 g/mol. The minimum atomic E-state index is 0.490. The molecule has 1 fully saturated rings. The fourth-order valence-electron chi connectivity index (χ4n) is 4.33. The van der Waals surface area contributed by atoms with Gasteiger partial charge in [0, 0.05) is 39.6 Å². The number of hydrogen-bond donors (Lipinski definition) is 2. The molecule has 2 aromatic carbocycles. The van der Waals surface area contributed by atoms with Crippen LogP contribution in [0.5, 0.6) is 0 Å². The molecular formula is C21H27ClN2S+2. The van der Waals surface area contributed by atoms with E-state index in [-0.39, 0.29) is 0 Å². The maximum absolute atomic E-state index is 6.30. The predicted molar refractivity (Wildman–Crippen MR) is 105 cm³/mol. The van der Waals surface area contributed by atoms with Gasteiger partial charge in [-0.3, -0.25) is 0 Å². The Labute approximate surface area is 159 Å². The Balaban J connectivity index is 1.63. The van der Waals surface area contributed by atoms with Crippen molar-refractivity contribution in [1.82, 2.24) is 0 Å². The van der Waals surface area contributed by atoms with Gasteiger partial charge in [0.15, 0.2) is 0 Å². The maximum Gasteiger partial charge on any atom is 0.136 e. The minimum absolute atomic E-state index is 0.490. The van der Waals surface area contributed by atoms with Crippen LogP contribution in [0.4, 0.5) is 0 Å². The molecule has 132 valence electrons. The van der Waals surface area contributed by atoms with Crippen LogP contribution in [-0.2, 0) is 6.42 Å². The average Bonchev–Trinajstić information content (AvgIpc) is 2.78. The zero-order valence-corrected chi connectivity index (χ0v) is 16.4. The van der Waals surface area contributed by atoms with E-state index >= 15 is 0 Å². The summed E-state index contributed by atoms with van der Waals surface area (Å²) in [6.45, 7) is 6.20. The number of rotatable bonds is 3. The summed E-state index contributed by atoms with van der Waals surface area (Å²) in [4.78, 5) is 4.52. The number of nitrogens with one attached hydrogen (secondary N) is 1. The topological polar surface area (TPSA) is 21.1 Å². The van der Waals surface area contributed by atoms with Gasteiger partial charge in [-0.25, -0.2) is 0 Å². The fourth-order valence-corrected chi connectivity index (χ4v) is 5.65. The molecule has 2 aliphatic heterocycles. The SMILES string of the molecule is CC[NH+]1CCC[C@@H]([NH2+][C@@H]2Cc3cc(Cl)ccc3Sc3ccccc32)C1. The number of fused-ring (bicyclic) bond motifs is 2. The third kappa shape index (κ3) is 3.90. The lowest BCUT2D eigenvalue weighted by Crippen LogP contribution is -3.17. The molecule has 0 amide bonds. The van der Waals surface area contributed by atoms with Gasteiger partial charge < -0.3 is 10.2 Å². The highest BCUT2D eigenvalue weighted by atomic mass is 35.5. The Morgan fingerprint density at radius 2 is 2.08 bits per heavy atom. The van der Waals surface area contributed by atoms with Crippen LogP contribution in [0.15, 0.2) is 52.3 Å². The predicted octanol–water partition coefficient (Wildman–Crippen LogP) is 2.72. The van der Waals surface area contributed by atoms with Crippen molar-refractivity contribution >= 4 is 23.4 Å². The summed E-state index contributed by atoms with van der Waals surface area (Å²) in [7, 11) is 0. The summed E-state index contributed by atoms with van der Waals surface area (Å²) in [6.07, 6.45) is 3.77. The van der Waals surface area contributed by atoms with Crippen molar-refractivity contribution in [3.05, 3.63) is 58.6 Å². The zero-order valence-electron chi connectivity index (χ0n) is 14.8. The molecule has 1 unspecified atom stereocenters. The van der Waals surface area contributed by atoms with Crippen LogP contribution >= 0.6 is 23.4 Å². The van der Waals surface area contributed by atoms with Gasteiger partial charge in [-0.1, -0.05) is 41.6 Å². The Morgan fingerprint density at radius 1 is 1.20 bits per heavy atom. The molecule has 4 rings (SSSR count). The highest BCUT2D eigenvalue weighted by Crippen LogP contribution is 2.40. The van der Waals surface area contributed by atoms with Crippen molar-refractivity contribution in [3.8, 4) is 0 Å². The summed E-state index contributed by atoms with van der Waals surface area (Å²) >= 11 is 8.19. The van der Waals surface area contributed by atoms with Crippen LogP contribution in [0.25, 0.3) is 0 Å². The van der Waals surface area contributed by atoms with Gasteiger partial charge in [0.2, 0.25) is 0 Å². The van der Waals surface area contributed by atoms with E-state index in [4.69, 9.17) is 11.6 Å². The van der Waals surface area contributed by atoms with Crippen LogP contribution < -0.4 is 10.2 Å². The van der Waals surface area contributed by atoms with Crippen LogP contribution in [0.1, 0.15) is 36.9 Å². The van der Waals surface area contributed by atoms with Gasteiger partial charge in [-0.15, -0.1) is 0 Å². The van der Waals surface area contributed by atoms with E-state index in [1.807, 2.05) is 17.8 Å². The maximum atomic E-state index is 6.30. The van der Waals surface area contributed by atoms with E-state index in [9.17, 15) is 0 Å². The van der Waals surface area contributed by atoms with Gasteiger partial charge in [0.1, 0.15) is 18.6 Å². The lowest BCUT2D eigenvalue weighted by Gasteiger charge is -2.30. The van der Waals surface area contributed by atoms with Crippen LogP contribution in [0.2, 0.25) is 5.02 Å². The van der Waals surface area contributed by atoms with E-state index in [1.165, 1.54) is 53.4 Å². The molecule has 25 heavy (non-hydrogen) atoms. The molecule has 4 heteroatoms. The fraction of sp³-hybridized carbons (Fsp3) is 0.429. The molecule has 1 saturated heterocycles. The van der Waals surface area contributed by atoms with E-state index in [1.54, 1.807) is 4.90 Å². The number of quaternary nitrogens is 2. The van der Waals surface area contributed by atoms with Crippen LogP contribution in [0.3, 0.4) is 0 Å². The van der Waals surface area contributed by atoms with Crippen LogP contribution in [-0.4, -0.2) is 25.7 Å². The molecule has 0 spiro atoms. The standard InChI is InChI=1S/C21H25ClN2S/c1-2-24-11-5-6-17(14-24)23-19-13-15-12-16(22)9-10-20(15)25-21-8-4-3-7-18(19)21/h3-4,7-10,12,17,19,23H,2,5-6,11,13-14H2,1H3/p+2/t17-,19-/m1/s1. The Morgan fingerprint density at radius 3 is 2.96 bits per heavy atom. The van der Waals surface area contributed by atoms with Crippen LogP contribution in [0, 0.1) is 0 Å². The second-order valence-electron chi connectivity index (χ2n) is 7.35. The lowest BCUT2D eigenvalue weighted by molar-refractivity contribution is -0.928. The third-order valence-corrected chi connectivity index (χ3v) is 7.11. The second kappa shape index (κ2) is 7.71. The summed E-state index contributed by atoms with van der Waals surface area (Å²) in [5.41, 5.74) is 2.88. The van der Waals surface area contributed by atoms with E-state index in [2.05, 4.69) is 48.6 Å². The molecule has 3 atom stereocenters. The first-order valence-electron chi connectivity index (χ1n) is 9.46. The molecule has 3 N–H and O–H groups in total. The highest BCUT2D eigenvalue weighted by Gasteiger charge is 2.31. The second-order valence-corrected chi connectivity index (χ2v) is 8.88. The van der Waals surface area contributed by atoms with Crippen molar-refractivity contribution in [3.63, 3.8) is 0 Å². The normalized spacial score (nSPS) is 25.8. The Kier molecular flexibility index (Phi) is 5.37. The quantitative estimate of drug-likeness (QED) is 0.846. The van der Waals surface area contributed by atoms with Gasteiger partial charge in [0.05, 0.1) is 13.1 Å². The van der Waals surface area contributed by atoms with Crippen molar-refractivity contribution in [2.24, 2.45) is 0 Å². The highest BCUT2D eigenvalue weighted by molar-refractivity contribution is 7.99. The summed E-state index contributed by atoms with van der Waals surface area (Å²) in [6, 6.07) is 16.5. The van der Waals surface area contributed by atoms with Gasteiger partial charge in [-0.05, 0) is 36.8 Å². The molecule has 0 aromatic heterocycles. The smallest absolute Gasteiger partial charge is 0.136 e. The summed E-state index contributed by atoms with van der Waals surface area (Å²) in [5.74, 6) is 0. The number of piperidine rings is 1. The van der Waals surface area contributed by atoms with Gasteiger partial charge in [0.25, 0.3) is 0 Å². The van der Waals surface area contributed by atoms with Crippen molar-refractivity contribution in [1.29, 1.82) is 0 Å². The number of nitrogens with two attached hydrogens (primary N) is 1.